The van der Waals surface area contributed by atoms with Gasteiger partial charge in [0.2, 0.25) is 0 Å². The van der Waals surface area contributed by atoms with Crippen molar-refractivity contribution < 1.29 is 4.79 Å². The summed E-state index contributed by atoms with van der Waals surface area (Å²) in [4.78, 5) is 14.2. The van der Waals surface area contributed by atoms with Gasteiger partial charge in [0.25, 0.3) is 5.91 Å². The summed E-state index contributed by atoms with van der Waals surface area (Å²) in [7, 11) is 0. The lowest BCUT2D eigenvalue weighted by Gasteiger charge is -2.07. The van der Waals surface area contributed by atoms with Gasteiger partial charge in [0, 0.05) is 10.2 Å². The van der Waals surface area contributed by atoms with Crippen molar-refractivity contribution >= 4 is 50.2 Å². The van der Waals surface area contributed by atoms with Crippen molar-refractivity contribution in [3.8, 4) is 5.69 Å². The van der Waals surface area contributed by atoms with E-state index in [4.69, 9.17) is 11.6 Å². The number of hydrogen-bond acceptors (Lipinski definition) is 3. The summed E-state index contributed by atoms with van der Waals surface area (Å²) in [5.41, 5.74) is 4.62. The Kier molecular flexibility index (Phi) is 5.15. The van der Waals surface area contributed by atoms with E-state index in [0.29, 0.717) is 21.8 Å². The summed E-state index contributed by atoms with van der Waals surface area (Å²) < 4.78 is 0.787. The third-order valence-electron chi connectivity index (χ3n) is 4.39. The summed E-state index contributed by atoms with van der Waals surface area (Å²) in [6.45, 7) is 2.12. The van der Waals surface area contributed by atoms with Crippen LogP contribution in [0.1, 0.15) is 22.8 Å². The summed E-state index contributed by atoms with van der Waals surface area (Å²) in [5, 5.41) is 12.3. The Hall–Kier alpha value is -2.70. The lowest BCUT2D eigenvalue weighted by molar-refractivity contribution is 0.102. The highest BCUT2D eigenvalue weighted by Crippen LogP contribution is 2.23. The molecule has 0 aliphatic carbocycles. The van der Waals surface area contributed by atoms with Crippen LogP contribution < -0.4 is 5.32 Å². The van der Waals surface area contributed by atoms with Gasteiger partial charge >= 0.3 is 0 Å². The number of anilines is 1. The average Bonchev–Trinajstić information content (AvgIpc) is 3.13. The van der Waals surface area contributed by atoms with Crippen LogP contribution in [0.5, 0.6) is 0 Å². The zero-order valence-corrected chi connectivity index (χ0v) is 17.3. The molecule has 0 aliphatic rings. The second-order valence-corrected chi connectivity index (χ2v) is 7.61. The smallest absolute Gasteiger partial charge is 0.257 e. The zero-order chi connectivity index (χ0) is 19.7. The fourth-order valence-electron chi connectivity index (χ4n) is 2.84. The Morgan fingerprint density at radius 1 is 1.04 bits per heavy atom. The topological polar surface area (TPSA) is 59.8 Å². The van der Waals surface area contributed by atoms with E-state index in [0.717, 1.165) is 22.1 Å². The first kappa shape index (κ1) is 18.7. The van der Waals surface area contributed by atoms with Crippen LogP contribution in [-0.2, 0) is 6.42 Å². The van der Waals surface area contributed by atoms with Crippen LogP contribution in [-0.4, -0.2) is 20.9 Å². The number of aromatic nitrogens is 3. The van der Waals surface area contributed by atoms with E-state index >= 15 is 0 Å². The second-order valence-electron chi connectivity index (χ2n) is 6.29. The molecule has 3 aromatic carbocycles. The molecule has 0 unspecified atom stereocenters. The Balaban J connectivity index is 1.60. The van der Waals surface area contributed by atoms with Crippen molar-refractivity contribution in [1.29, 1.82) is 0 Å². The van der Waals surface area contributed by atoms with Crippen LogP contribution in [0.15, 0.2) is 65.1 Å². The monoisotopic (exact) mass is 454 g/mol. The highest BCUT2D eigenvalue weighted by atomic mass is 79.9. The maximum absolute atomic E-state index is 12.6. The maximum atomic E-state index is 12.6. The van der Waals surface area contributed by atoms with Crippen LogP contribution in [0, 0.1) is 0 Å². The number of carbonyl (C=O) groups excluding carboxylic acids is 1. The Labute approximate surface area is 175 Å². The van der Waals surface area contributed by atoms with E-state index in [2.05, 4.69) is 50.5 Å². The van der Waals surface area contributed by atoms with Crippen LogP contribution in [0.25, 0.3) is 16.7 Å². The quantitative estimate of drug-likeness (QED) is 0.432. The normalized spacial score (nSPS) is 11.0. The van der Waals surface area contributed by atoms with E-state index in [1.54, 1.807) is 35.1 Å². The van der Waals surface area contributed by atoms with E-state index in [1.807, 2.05) is 18.2 Å². The predicted molar refractivity (Wildman–Crippen MR) is 115 cm³/mol. The van der Waals surface area contributed by atoms with Gasteiger partial charge in [-0.25, -0.2) is 0 Å². The highest BCUT2D eigenvalue weighted by molar-refractivity contribution is 9.10. The standard InChI is InChI=1S/C21H16BrClN4O/c1-2-13-3-7-16(8-4-13)27-25-19-10-6-15(12-20(19)26-27)24-21(28)17-11-14(22)5-9-18(17)23/h3-12H,2H2,1H3,(H,24,28). The Bertz CT molecular complexity index is 1170. The molecule has 0 radical (unpaired) electrons. The summed E-state index contributed by atoms with van der Waals surface area (Å²) in [6.07, 6.45) is 0.986. The number of benzene rings is 3. The Morgan fingerprint density at radius 3 is 2.54 bits per heavy atom. The number of fused-ring (bicyclic) bond motifs is 1. The predicted octanol–water partition coefficient (Wildman–Crippen LogP) is 5.65. The lowest BCUT2D eigenvalue weighted by atomic mass is 10.2. The van der Waals surface area contributed by atoms with Crippen LogP contribution in [0.4, 0.5) is 5.69 Å². The first-order valence-electron chi connectivity index (χ1n) is 8.76. The molecule has 1 N–H and O–H groups in total. The van der Waals surface area contributed by atoms with Gasteiger partial charge in [0.15, 0.2) is 0 Å². The molecule has 0 atom stereocenters. The fourth-order valence-corrected chi connectivity index (χ4v) is 3.41. The van der Waals surface area contributed by atoms with Gasteiger partial charge in [-0.2, -0.15) is 4.80 Å². The SMILES string of the molecule is CCc1ccc(-n2nc3ccc(NC(=O)c4cc(Br)ccc4Cl)cc3n2)cc1. The van der Waals surface area contributed by atoms with E-state index in [9.17, 15) is 4.79 Å². The third kappa shape index (κ3) is 3.79. The first-order valence-corrected chi connectivity index (χ1v) is 9.93. The van der Waals surface area contributed by atoms with Gasteiger partial charge in [0.1, 0.15) is 11.0 Å². The van der Waals surface area contributed by atoms with Crippen LogP contribution in [0.2, 0.25) is 5.02 Å². The molecular formula is C21H16BrClN4O. The number of carbonyl (C=O) groups is 1. The lowest BCUT2D eigenvalue weighted by Crippen LogP contribution is -2.12. The number of halogens is 2. The molecule has 0 fully saturated rings. The molecule has 1 amide bonds. The van der Waals surface area contributed by atoms with Gasteiger partial charge in [-0.1, -0.05) is 46.6 Å². The molecule has 0 aliphatic heterocycles. The van der Waals surface area contributed by atoms with Crippen molar-refractivity contribution in [2.45, 2.75) is 13.3 Å². The molecular weight excluding hydrogens is 440 g/mol. The van der Waals surface area contributed by atoms with Crippen molar-refractivity contribution in [1.82, 2.24) is 15.0 Å². The molecule has 0 saturated carbocycles. The minimum Gasteiger partial charge on any atom is -0.322 e. The molecule has 140 valence electrons. The first-order chi connectivity index (χ1) is 13.5. The minimum absolute atomic E-state index is 0.284. The largest absolute Gasteiger partial charge is 0.322 e. The molecule has 28 heavy (non-hydrogen) atoms. The van der Waals surface area contributed by atoms with E-state index < -0.39 is 0 Å². The maximum Gasteiger partial charge on any atom is 0.257 e. The average molecular weight is 456 g/mol. The van der Waals surface area contributed by atoms with Crippen molar-refractivity contribution in [2.75, 3.05) is 5.32 Å². The number of nitrogens with one attached hydrogen (secondary N) is 1. The van der Waals surface area contributed by atoms with Gasteiger partial charge in [-0.05, 0) is 60.5 Å². The van der Waals surface area contributed by atoms with E-state index in [-0.39, 0.29) is 5.91 Å². The summed E-state index contributed by atoms with van der Waals surface area (Å²) >= 11 is 9.49. The van der Waals surface area contributed by atoms with Gasteiger partial charge in [-0.15, -0.1) is 10.2 Å². The highest BCUT2D eigenvalue weighted by Gasteiger charge is 2.12. The van der Waals surface area contributed by atoms with Crippen molar-refractivity contribution in [3.05, 3.63) is 81.3 Å². The molecule has 1 aromatic heterocycles. The molecule has 0 saturated heterocycles. The van der Waals surface area contributed by atoms with Crippen molar-refractivity contribution in [2.24, 2.45) is 0 Å². The molecule has 0 bridgehead atoms. The van der Waals surface area contributed by atoms with Crippen molar-refractivity contribution in [3.63, 3.8) is 0 Å². The van der Waals surface area contributed by atoms with E-state index in [1.165, 1.54) is 5.56 Å². The third-order valence-corrected chi connectivity index (χ3v) is 5.21. The van der Waals surface area contributed by atoms with Gasteiger partial charge < -0.3 is 5.32 Å². The number of rotatable bonds is 4. The molecule has 0 spiro atoms. The minimum atomic E-state index is -0.284. The van der Waals surface area contributed by atoms with Crippen LogP contribution in [0.3, 0.4) is 0 Å². The molecule has 1 heterocycles. The van der Waals surface area contributed by atoms with Crippen LogP contribution >= 0.6 is 27.5 Å². The molecule has 4 aromatic rings. The zero-order valence-electron chi connectivity index (χ0n) is 15.0. The number of aryl methyl sites for hydroxylation is 1. The summed E-state index contributed by atoms with van der Waals surface area (Å²) in [6, 6.07) is 18.7. The second kappa shape index (κ2) is 7.73. The molecule has 5 nitrogen and oxygen atoms in total. The van der Waals surface area contributed by atoms with Gasteiger partial charge in [0.05, 0.1) is 16.3 Å². The number of hydrogen-bond donors (Lipinski definition) is 1. The number of amides is 1. The molecule has 4 rings (SSSR count). The van der Waals surface area contributed by atoms with Gasteiger partial charge in [-0.3, -0.25) is 4.79 Å². The molecule has 7 heteroatoms. The fraction of sp³-hybridized carbons (Fsp3) is 0.0952. The Morgan fingerprint density at radius 2 is 1.79 bits per heavy atom. The summed E-state index contributed by atoms with van der Waals surface area (Å²) in [5.74, 6) is -0.284. The number of nitrogens with zero attached hydrogens (tertiary/aromatic N) is 3.